The molecule has 6 nitrogen and oxygen atoms in total. The molecule has 0 saturated carbocycles. The molecule has 2 aromatic rings. The van der Waals surface area contributed by atoms with Crippen LogP contribution < -0.4 is 16.6 Å². The van der Waals surface area contributed by atoms with E-state index in [0.29, 0.717) is 5.92 Å². The van der Waals surface area contributed by atoms with Gasteiger partial charge in [0.25, 0.3) is 5.56 Å². The Kier molecular flexibility index (Phi) is 5.73. The Bertz CT molecular complexity index is 803. The fourth-order valence-electron chi connectivity index (χ4n) is 2.51. The summed E-state index contributed by atoms with van der Waals surface area (Å²) in [5, 5.41) is 2.86. The molecule has 1 atom stereocenters. The van der Waals surface area contributed by atoms with Gasteiger partial charge in [0.05, 0.1) is 6.04 Å². The number of aromatic nitrogens is 2. The second kappa shape index (κ2) is 7.77. The third-order valence-electron chi connectivity index (χ3n) is 3.71. The number of nitrogens with one attached hydrogen (secondary N) is 2. The third kappa shape index (κ3) is 4.94. The summed E-state index contributed by atoms with van der Waals surface area (Å²) in [6.07, 6.45) is 2.34. The minimum atomic E-state index is -0.594. The molecule has 128 valence electrons. The summed E-state index contributed by atoms with van der Waals surface area (Å²) in [5.74, 6) is 0.312. The van der Waals surface area contributed by atoms with E-state index in [1.165, 1.54) is 17.8 Å². The lowest BCUT2D eigenvalue weighted by Crippen LogP contribution is -2.36. The topological polar surface area (TPSA) is 84.0 Å². The van der Waals surface area contributed by atoms with Crippen LogP contribution >= 0.6 is 0 Å². The molecular weight excluding hydrogens is 306 g/mol. The van der Waals surface area contributed by atoms with Crippen molar-refractivity contribution in [3.8, 4) is 0 Å². The van der Waals surface area contributed by atoms with Gasteiger partial charge in [0.2, 0.25) is 5.91 Å². The predicted octanol–water partition coefficient (Wildman–Crippen LogP) is 1.61. The van der Waals surface area contributed by atoms with Gasteiger partial charge in [-0.25, -0.2) is 4.79 Å². The zero-order chi connectivity index (χ0) is 17.7. The maximum absolute atomic E-state index is 12.1. The number of nitrogens with zero attached hydrogens (tertiary/aromatic N) is 1. The van der Waals surface area contributed by atoms with E-state index >= 15 is 0 Å². The van der Waals surface area contributed by atoms with E-state index in [9.17, 15) is 14.4 Å². The second-order valence-electron chi connectivity index (χ2n) is 6.37. The maximum atomic E-state index is 12.1. The smallest absolute Gasteiger partial charge is 0.328 e. The number of hydrogen-bond acceptors (Lipinski definition) is 3. The first-order chi connectivity index (χ1) is 11.3. The minimum absolute atomic E-state index is 0.134. The first-order valence-corrected chi connectivity index (χ1v) is 8.03. The highest BCUT2D eigenvalue weighted by molar-refractivity contribution is 5.76. The lowest BCUT2D eigenvalue weighted by atomic mass is 10.00. The summed E-state index contributed by atoms with van der Waals surface area (Å²) in [6.45, 7) is 6.11. The van der Waals surface area contributed by atoms with Crippen molar-refractivity contribution >= 4 is 5.91 Å². The molecule has 0 aliphatic heterocycles. The van der Waals surface area contributed by atoms with Gasteiger partial charge in [0.15, 0.2) is 0 Å². The molecule has 0 fully saturated rings. The number of carbonyl (C=O) groups is 1. The molecule has 2 rings (SSSR count). The highest BCUT2D eigenvalue weighted by Crippen LogP contribution is 2.15. The van der Waals surface area contributed by atoms with Crippen LogP contribution in [0.1, 0.15) is 37.9 Å². The fourth-order valence-corrected chi connectivity index (χ4v) is 2.51. The van der Waals surface area contributed by atoms with Crippen LogP contribution in [0.25, 0.3) is 0 Å². The maximum Gasteiger partial charge on any atom is 0.328 e. The van der Waals surface area contributed by atoms with Crippen molar-refractivity contribution in [3.63, 3.8) is 0 Å². The van der Waals surface area contributed by atoms with E-state index in [-0.39, 0.29) is 18.5 Å². The summed E-state index contributed by atoms with van der Waals surface area (Å²) in [6, 6.07) is 9.22. The van der Waals surface area contributed by atoms with Gasteiger partial charge in [-0.15, -0.1) is 0 Å². The highest BCUT2D eigenvalue weighted by Gasteiger charge is 2.11. The minimum Gasteiger partial charge on any atom is -0.348 e. The normalized spacial score (nSPS) is 12.2. The Morgan fingerprint density at radius 1 is 1.12 bits per heavy atom. The highest BCUT2D eigenvalue weighted by atomic mass is 16.2. The predicted molar refractivity (Wildman–Crippen MR) is 92.9 cm³/mol. The molecule has 1 heterocycles. The summed E-state index contributed by atoms with van der Waals surface area (Å²) < 4.78 is 1.16. The van der Waals surface area contributed by atoms with Crippen LogP contribution in [0.5, 0.6) is 0 Å². The van der Waals surface area contributed by atoms with E-state index in [0.717, 1.165) is 16.6 Å². The third-order valence-corrected chi connectivity index (χ3v) is 3.71. The lowest BCUT2D eigenvalue weighted by molar-refractivity contribution is -0.122. The van der Waals surface area contributed by atoms with E-state index in [1.807, 2.05) is 19.1 Å². The standard InChI is InChI=1S/C18H23N3O3/c1-12(2)10-14-4-6-15(7-5-14)13(3)19-17(23)11-21-9-8-16(22)20-18(21)24/h4-9,12-13H,10-11H2,1-3H3,(H,19,23)(H,20,22,24)/t13-/m0/s1. The SMILES string of the molecule is CC(C)Cc1ccc([C@H](C)NC(=O)Cn2ccc(=O)[nH]c2=O)cc1. The molecule has 0 radical (unpaired) electrons. The van der Waals surface area contributed by atoms with Gasteiger partial charge in [0.1, 0.15) is 6.54 Å². The van der Waals surface area contributed by atoms with Crippen LogP contribution in [0.2, 0.25) is 0 Å². The summed E-state index contributed by atoms with van der Waals surface area (Å²) in [7, 11) is 0. The Morgan fingerprint density at radius 2 is 1.79 bits per heavy atom. The van der Waals surface area contributed by atoms with E-state index in [2.05, 4.69) is 36.3 Å². The first-order valence-electron chi connectivity index (χ1n) is 8.03. The number of rotatable bonds is 6. The molecule has 1 aromatic heterocycles. The van der Waals surface area contributed by atoms with Gasteiger partial charge >= 0.3 is 5.69 Å². The van der Waals surface area contributed by atoms with Crippen LogP contribution in [0.3, 0.4) is 0 Å². The van der Waals surface area contributed by atoms with E-state index in [1.54, 1.807) is 0 Å². The number of carbonyl (C=O) groups excluding carboxylic acids is 1. The van der Waals surface area contributed by atoms with Gasteiger partial charge in [-0.05, 0) is 30.4 Å². The Balaban J connectivity index is 1.98. The average molecular weight is 329 g/mol. The molecule has 6 heteroatoms. The molecule has 0 aliphatic rings. The second-order valence-corrected chi connectivity index (χ2v) is 6.37. The van der Waals surface area contributed by atoms with Crippen molar-refractivity contribution < 1.29 is 4.79 Å². The molecule has 0 saturated heterocycles. The summed E-state index contributed by atoms with van der Waals surface area (Å²) in [4.78, 5) is 36.8. The molecule has 24 heavy (non-hydrogen) atoms. The van der Waals surface area contributed by atoms with Crippen molar-refractivity contribution in [2.24, 2.45) is 5.92 Å². The number of amides is 1. The van der Waals surface area contributed by atoms with Gasteiger partial charge in [-0.3, -0.25) is 19.1 Å². The Labute approximate surface area is 140 Å². The largest absolute Gasteiger partial charge is 0.348 e. The van der Waals surface area contributed by atoms with Crippen LogP contribution in [-0.4, -0.2) is 15.5 Å². The number of benzene rings is 1. The fraction of sp³-hybridized carbons (Fsp3) is 0.389. The zero-order valence-electron chi connectivity index (χ0n) is 14.2. The Morgan fingerprint density at radius 3 is 2.38 bits per heavy atom. The van der Waals surface area contributed by atoms with Gasteiger partial charge in [-0.2, -0.15) is 0 Å². The molecule has 0 aliphatic carbocycles. The number of hydrogen-bond donors (Lipinski definition) is 2. The van der Waals surface area contributed by atoms with Crippen molar-refractivity contribution in [1.29, 1.82) is 0 Å². The van der Waals surface area contributed by atoms with E-state index in [4.69, 9.17) is 0 Å². The molecule has 1 aromatic carbocycles. The molecule has 0 bridgehead atoms. The quantitative estimate of drug-likeness (QED) is 0.844. The molecule has 0 unspecified atom stereocenters. The number of H-pyrrole nitrogens is 1. The van der Waals surface area contributed by atoms with E-state index < -0.39 is 11.2 Å². The van der Waals surface area contributed by atoms with Crippen LogP contribution in [0.4, 0.5) is 0 Å². The first kappa shape index (κ1) is 17.7. The van der Waals surface area contributed by atoms with Crippen molar-refractivity contribution in [2.45, 2.75) is 39.8 Å². The zero-order valence-corrected chi connectivity index (χ0v) is 14.2. The van der Waals surface area contributed by atoms with Gasteiger partial charge in [-0.1, -0.05) is 38.1 Å². The molecular formula is C18H23N3O3. The summed E-state index contributed by atoms with van der Waals surface area (Å²) in [5.41, 5.74) is 1.20. The van der Waals surface area contributed by atoms with Gasteiger partial charge in [0, 0.05) is 12.3 Å². The molecule has 1 amide bonds. The monoisotopic (exact) mass is 329 g/mol. The van der Waals surface area contributed by atoms with Gasteiger partial charge < -0.3 is 5.32 Å². The molecule has 0 spiro atoms. The van der Waals surface area contributed by atoms with Crippen molar-refractivity contribution in [3.05, 3.63) is 68.5 Å². The van der Waals surface area contributed by atoms with Crippen LogP contribution in [-0.2, 0) is 17.8 Å². The average Bonchev–Trinajstić information content (AvgIpc) is 2.50. The van der Waals surface area contributed by atoms with Crippen LogP contribution in [0, 0.1) is 5.92 Å². The Hall–Kier alpha value is -2.63. The molecule has 2 N–H and O–H groups in total. The lowest BCUT2D eigenvalue weighted by Gasteiger charge is -2.15. The van der Waals surface area contributed by atoms with Crippen molar-refractivity contribution in [1.82, 2.24) is 14.9 Å². The van der Waals surface area contributed by atoms with Crippen molar-refractivity contribution in [2.75, 3.05) is 0 Å². The van der Waals surface area contributed by atoms with Crippen LogP contribution in [0.15, 0.2) is 46.1 Å². The summed E-state index contributed by atoms with van der Waals surface area (Å²) >= 11 is 0. The number of aromatic amines is 1.